The Morgan fingerprint density at radius 2 is 2.00 bits per heavy atom. The second-order valence-corrected chi connectivity index (χ2v) is 6.43. The second-order valence-electron chi connectivity index (χ2n) is 6.43. The molecule has 0 bridgehead atoms. The van der Waals surface area contributed by atoms with E-state index in [0.29, 0.717) is 23.9 Å². The van der Waals surface area contributed by atoms with Crippen LogP contribution in [0.1, 0.15) is 39.5 Å². The third-order valence-corrected chi connectivity index (χ3v) is 4.80. The summed E-state index contributed by atoms with van der Waals surface area (Å²) in [5, 5.41) is 3.34. The Labute approximate surface area is 117 Å². The molecular formula is C15H29N3O. The first kappa shape index (κ1) is 14.8. The molecule has 0 aliphatic carbocycles. The Balaban J connectivity index is 1.76. The van der Waals surface area contributed by atoms with Crippen molar-refractivity contribution >= 4 is 5.91 Å². The molecule has 0 aromatic rings. The Kier molecular flexibility index (Phi) is 5.22. The molecule has 2 rings (SSSR count). The van der Waals surface area contributed by atoms with E-state index in [-0.39, 0.29) is 0 Å². The second kappa shape index (κ2) is 6.71. The van der Waals surface area contributed by atoms with Gasteiger partial charge < -0.3 is 15.1 Å². The molecule has 0 aromatic heterocycles. The summed E-state index contributed by atoms with van der Waals surface area (Å²) in [7, 11) is 2.00. The summed E-state index contributed by atoms with van der Waals surface area (Å²) < 4.78 is 0. The molecule has 2 aliphatic heterocycles. The largest absolute Gasteiger partial charge is 0.343 e. The topological polar surface area (TPSA) is 35.6 Å². The fourth-order valence-corrected chi connectivity index (χ4v) is 3.27. The minimum atomic E-state index is 0.344. The zero-order valence-electron chi connectivity index (χ0n) is 12.7. The van der Waals surface area contributed by atoms with Gasteiger partial charge in [-0.3, -0.25) is 4.79 Å². The van der Waals surface area contributed by atoms with E-state index in [1.165, 1.54) is 0 Å². The van der Waals surface area contributed by atoms with E-state index < -0.39 is 0 Å². The first-order valence-electron chi connectivity index (χ1n) is 7.78. The highest BCUT2D eigenvalue weighted by molar-refractivity contribution is 5.76. The lowest BCUT2D eigenvalue weighted by molar-refractivity contribution is -0.133. The lowest BCUT2D eigenvalue weighted by atomic mass is 9.99. The summed E-state index contributed by atoms with van der Waals surface area (Å²) in [6, 6.07) is 1.09. The predicted molar refractivity (Wildman–Crippen MR) is 78.1 cm³/mol. The molecule has 1 N–H and O–H groups in total. The van der Waals surface area contributed by atoms with Gasteiger partial charge >= 0.3 is 0 Å². The number of amides is 1. The molecule has 2 aliphatic rings. The third kappa shape index (κ3) is 3.93. The Bertz CT molecular complexity index is 292. The Morgan fingerprint density at radius 3 is 2.53 bits per heavy atom. The Hall–Kier alpha value is -0.610. The molecule has 0 spiro atoms. The number of piperidine rings is 1. The maximum absolute atomic E-state index is 12.3. The van der Waals surface area contributed by atoms with Crippen molar-refractivity contribution in [2.75, 3.05) is 33.2 Å². The van der Waals surface area contributed by atoms with Gasteiger partial charge in [-0.05, 0) is 52.1 Å². The molecule has 2 fully saturated rings. The fourth-order valence-electron chi connectivity index (χ4n) is 3.27. The van der Waals surface area contributed by atoms with Crippen molar-refractivity contribution in [1.82, 2.24) is 15.1 Å². The Morgan fingerprint density at radius 1 is 1.32 bits per heavy atom. The summed E-state index contributed by atoms with van der Waals surface area (Å²) in [6.07, 6.45) is 4.14. The highest BCUT2D eigenvalue weighted by Crippen LogP contribution is 2.20. The smallest absolute Gasteiger partial charge is 0.222 e. The highest BCUT2D eigenvalue weighted by Gasteiger charge is 2.28. The quantitative estimate of drug-likeness (QED) is 0.834. The zero-order valence-corrected chi connectivity index (χ0v) is 12.7. The van der Waals surface area contributed by atoms with Gasteiger partial charge in [0.05, 0.1) is 0 Å². The maximum atomic E-state index is 12.3. The van der Waals surface area contributed by atoms with Crippen molar-refractivity contribution in [3.05, 3.63) is 0 Å². The van der Waals surface area contributed by atoms with Crippen LogP contribution in [0.5, 0.6) is 0 Å². The summed E-state index contributed by atoms with van der Waals surface area (Å²) in [6.45, 7) is 8.86. The highest BCUT2D eigenvalue weighted by atomic mass is 16.2. The fraction of sp³-hybridized carbons (Fsp3) is 0.933. The van der Waals surface area contributed by atoms with Crippen LogP contribution < -0.4 is 5.32 Å². The number of hydrogen-bond donors (Lipinski definition) is 1. The van der Waals surface area contributed by atoms with Crippen molar-refractivity contribution in [2.24, 2.45) is 5.92 Å². The number of carbonyl (C=O) groups is 1. The first-order valence-corrected chi connectivity index (χ1v) is 7.78. The van der Waals surface area contributed by atoms with Gasteiger partial charge in [0.25, 0.3) is 0 Å². The van der Waals surface area contributed by atoms with Crippen molar-refractivity contribution < 1.29 is 4.79 Å². The third-order valence-electron chi connectivity index (χ3n) is 4.80. The number of likely N-dealkylation sites (tertiary alicyclic amines) is 1. The average molecular weight is 267 g/mol. The molecule has 4 nitrogen and oxygen atoms in total. The lowest BCUT2D eigenvalue weighted by Gasteiger charge is -2.38. The number of rotatable bonds is 4. The molecule has 4 heteroatoms. The minimum Gasteiger partial charge on any atom is -0.343 e. The van der Waals surface area contributed by atoms with Crippen LogP contribution in [0.15, 0.2) is 0 Å². The number of hydrogen-bond acceptors (Lipinski definition) is 3. The van der Waals surface area contributed by atoms with Crippen LogP contribution in [0.4, 0.5) is 0 Å². The van der Waals surface area contributed by atoms with Crippen LogP contribution in [-0.4, -0.2) is 61.0 Å². The molecule has 19 heavy (non-hydrogen) atoms. The van der Waals surface area contributed by atoms with Crippen molar-refractivity contribution in [3.63, 3.8) is 0 Å². The van der Waals surface area contributed by atoms with Crippen LogP contribution in [0.2, 0.25) is 0 Å². The van der Waals surface area contributed by atoms with Crippen molar-refractivity contribution in [3.8, 4) is 0 Å². The predicted octanol–water partition coefficient (Wildman–Crippen LogP) is 1.32. The van der Waals surface area contributed by atoms with Gasteiger partial charge in [-0.25, -0.2) is 0 Å². The molecule has 1 atom stereocenters. The van der Waals surface area contributed by atoms with Crippen LogP contribution in [-0.2, 0) is 4.79 Å². The van der Waals surface area contributed by atoms with E-state index in [0.717, 1.165) is 51.9 Å². The molecular weight excluding hydrogens is 238 g/mol. The molecule has 2 saturated heterocycles. The van der Waals surface area contributed by atoms with Crippen LogP contribution in [0.3, 0.4) is 0 Å². The molecule has 0 aromatic carbocycles. The van der Waals surface area contributed by atoms with E-state index in [1.807, 2.05) is 11.9 Å². The number of nitrogens with zero attached hydrogens (tertiary/aromatic N) is 2. The summed E-state index contributed by atoms with van der Waals surface area (Å²) >= 11 is 0. The summed E-state index contributed by atoms with van der Waals surface area (Å²) in [5.74, 6) is 0.905. The normalized spacial score (nSPS) is 26.0. The lowest BCUT2D eigenvalue weighted by Crippen LogP contribution is -2.47. The standard InChI is InChI=1S/C15H29N3O/c1-12(2)18-8-5-14(6-9-18)17(3)15(19)10-13-4-7-16-11-13/h12-14,16H,4-11H2,1-3H3. The zero-order chi connectivity index (χ0) is 13.8. The molecule has 0 radical (unpaired) electrons. The SMILES string of the molecule is CC(C)N1CCC(N(C)C(=O)CC2CCNC2)CC1. The number of nitrogens with one attached hydrogen (secondary N) is 1. The van der Waals surface area contributed by atoms with E-state index in [4.69, 9.17) is 0 Å². The van der Waals surface area contributed by atoms with E-state index in [9.17, 15) is 4.79 Å². The van der Waals surface area contributed by atoms with Gasteiger partial charge in [-0.1, -0.05) is 0 Å². The average Bonchev–Trinajstić information content (AvgIpc) is 2.90. The van der Waals surface area contributed by atoms with E-state index in [1.54, 1.807) is 0 Å². The van der Waals surface area contributed by atoms with Crippen LogP contribution >= 0.6 is 0 Å². The summed E-state index contributed by atoms with van der Waals surface area (Å²) in [5.41, 5.74) is 0. The van der Waals surface area contributed by atoms with Gasteiger partial charge in [0, 0.05) is 38.6 Å². The van der Waals surface area contributed by atoms with Gasteiger partial charge in [0.15, 0.2) is 0 Å². The van der Waals surface area contributed by atoms with E-state index in [2.05, 4.69) is 24.1 Å². The summed E-state index contributed by atoms with van der Waals surface area (Å²) in [4.78, 5) is 16.8. The van der Waals surface area contributed by atoms with Crippen molar-refractivity contribution in [1.29, 1.82) is 0 Å². The number of carbonyl (C=O) groups excluding carboxylic acids is 1. The van der Waals surface area contributed by atoms with Gasteiger partial charge in [0.1, 0.15) is 0 Å². The molecule has 2 heterocycles. The van der Waals surface area contributed by atoms with Gasteiger partial charge in [-0.15, -0.1) is 0 Å². The maximum Gasteiger partial charge on any atom is 0.222 e. The molecule has 0 saturated carbocycles. The van der Waals surface area contributed by atoms with Gasteiger partial charge in [0.2, 0.25) is 5.91 Å². The van der Waals surface area contributed by atoms with E-state index >= 15 is 0 Å². The first-order chi connectivity index (χ1) is 9.08. The molecule has 1 amide bonds. The monoisotopic (exact) mass is 267 g/mol. The van der Waals surface area contributed by atoms with Gasteiger partial charge in [-0.2, -0.15) is 0 Å². The van der Waals surface area contributed by atoms with Crippen molar-refractivity contribution in [2.45, 2.75) is 51.6 Å². The van der Waals surface area contributed by atoms with Crippen LogP contribution in [0.25, 0.3) is 0 Å². The molecule has 1 unspecified atom stereocenters. The van der Waals surface area contributed by atoms with Crippen LogP contribution in [0, 0.1) is 5.92 Å². The molecule has 110 valence electrons. The minimum absolute atomic E-state index is 0.344.